The molecule has 1 heterocycles. The molecule has 0 aliphatic heterocycles. The maximum atomic E-state index is 12.2. The molecular weight excluding hydrogens is 406 g/mol. The largest absolute Gasteiger partial charge is 0.480 e. The maximum Gasteiger partial charge on any atom is 0.408 e. The Kier molecular flexibility index (Phi) is 6.22. The van der Waals surface area contributed by atoms with E-state index in [0.29, 0.717) is 11.3 Å². The highest BCUT2D eigenvalue weighted by Gasteiger charge is 2.21. The van der Waals surface area contributed by atoms with Crippen LogP contribution >= 0.6 is 0 Å². The fourth-order valence-electron chi connectivity index (χ4n) is 3.47. The molecule has 6 heteroatoms. The number of rotatable bonds is 7. The van der Waals surface area contributed by atoms with Gasteiger partial charge < -0.3 is 19.6 Å². The highest BCUT2D eigenvalue weighted by molar-refractivity contribution is 5.84. The van der Waals surface area contributed by atoms with Gasteiger partial charge in [-0.1, -0.05) is 66.2 Å². The first-order valence-corrected chi connectivity index (χ1v) is 10.3. The number of benzene rings is 3. The molecule has 0 fully saturated rings. The Morgan fingerprint density at radius 1 is 0.969 bits per heavy atom. The summed E-state index contributed by atoms with van der Waals surface area (Å²) in [6, 6.07) is 24.0. The number of alkyl carbamates (subject to hydrolysis) is 1. The van der Waals surface area contributed by atoms with E-state index in [-0.39, 0.29) is 13.0 Å². The lowest BCUT2D eigenvalue weighted by Crippen LogP contribution is -2.42. The molecule has 32 heavy (non-hydrogen) atoms. The van der Waals surface area contributed by atoms with Crippen LogP contribution in [0, 0.1) is 6.92 Å². The van der Waals surface area contributed by atoms with Gasteiger partial charge in [-0.05, 0) is 41.8 Å². The van der Waals surface area contributed by atoms with Crippen molar-refractivity contribution in [3.05, 3.63) is 95.7 Å². The van der Waals surface area contributed by atoms with Gasteiger partial charge in [-0.3, -0.25) is 0 Å². The summed E-state index contributed by atoms with van der Waals surface area (Å²) in [4.78, 5) is 23.7. The number of amides is 1. The van der Waals surface area contributed by atoms with Gasteiger partial charge in [0.1, 0.15) is 17.4 Å². The number of aliphatic carboxylic acids is 1. The zero-order valence-electron chi connectivity index (χ0n) is 17.6. The number of furan rings is 1. The van der Waals surface area contributed by atoms with Crippen molar-refractivity contribution in [2.45, 2.75) is 26.0 Å². The second-order valence-corrected chi connectivity index (χ2v) is 7.63. The summed E-state index contributed by atoms with van der Waals surface area (Å²) in [7, 11) is 0. The molecule has 0 saturated carbocycles. The summed E-state index contributed by atoms with van der Waals surface area (Å²) in [5, 5.41) is 12.7. The van der Waals surface area contributed by atoms with E-state index in [0.717, 1.165) is 22.1 Å². The van der Waals surface area contributed by atoms with Crippen LogP contribution in [0.25, 0.3) is 22.1 Å². The van der Waals surface area contributed by atoms with E-state index in [9.17, 15) is 14.7 Å². The number of hydrogen-bond acceptors (Lipinski definition) is 4. The standard InChI is InChI=1S/C26H23NO5/c1-17-7-9-19(10-8-17)20-11-12-24-21(14-20)15-22(32-24)16-31-26(30)27-23(25(28)29)13-18-5-3-2-4-6-18/h2-12,14-15,23H,13,16H2,1H3,(H,27,30)(H,28,29)/t23-/m1/s1. The Morgan fingerprint density at radius 2 is 1.69 bits per heavy atom. The van der Waals surface area contributed by atoms with Gasteiger partial charge in [0.25, 0.3) is 0 Å². The van der Waals surface area contributed by atoms with Crippen LogP contribution in [-0.4, -0.2) is 23.2 Å². The second kappa shape index (κ2) is 9.39. The van der Waals surface area contributed by atoms with Crippen molar-refractivity contribution in [1.29, 1.82) is 0 Å². The number of carbonyl (C=O) groups excluding carboxylic acids is 1. The predicted octanol–water partition coefficient (Wildman–Crippen LogP) is 5.33. The van der Waals surface area contributed by atoms with Crippen LogP contribution in [-0.2, 0) is 22.6 Å². The fourth-order valence-corrected chi connectivity index (χ4v) is 3.47. The monoisotopic (exact) mass is 429 g/mol. The molecule has 1 atom stereocenters. The molecule has 3 aromatic carbocycles. The number of hydrogen-bond donors (Lipinski definition) is 2. The number of nitrogens with one attached hydrogen (secondary N) is 1. The Bertz CT molecular complexity index is 1230. The zero-order chi connectivity index (χ0) is 22.5. The van der Waals surface area contributed by atoms with Crippen LogP contribution in [0.2, 0.25) is 0 Å². The van der Waals surface area contributed by atoms with Crippen LogP contribution in [0.3, 0.4) is 0 Å². The van der Waals surface area contributed by atoms with Gasteiger partial charge in [0.2, 0.25) is 0 Å². The summed E-state index contributed by atoms with van der Waals surface area (Å²) in [6.07, 6.45) is -0.647. The third-order valence-corrected chi connectivity index (χ3v) is 5.17. The van der Waals surface area contributed by atoms with Gasteiger partial charge in [0, 0.05) is 11.8 Å². The molecule has 0 aliphatic carbocycles. The Labute approximate surface area is 185 Å². The second-order valence-electron chi connectivity index (χ2n) is 7.63. The summed E-state index contributed by atoms with van der Waals surface area (Å²) >= 11 is 0. The minimum absolute atomic E-state index is 0.0992. The van der Waals surface area contributed by atoms with Crippen molar-refractivity contribution >= 4 is 23.0 Å². The topological polar surface area (TPSA) is 88.8 Å². The van der Waals surface area contributed by atoms with Crippen molar-refractivity contribution in [3.8, 4) is 11.1 Å². The van der Waals surface area contributed by atoms with Crippen molar-refractivity contribution in [3.63, 3.8) is 0 Å². The Morgan fingerprint density at radius 3 is 2.41 bits per heavy atom. The van der Waals surface area contributed by atoms with E-state index >= 15 is 0 Å². The van der Waals surface area contributed by atoms with Gasteiger partial charge in [-0.25, -0.2) is 9.59 Å². The molecule has 0 radical (unpaired) electrons. The summed E-state index contributed by atoms with van der Waals surface area (Å²) in [6.45, 7) is 1.95. The number of fused-ring (bicyclic) bond motifs is 1. The van der Waals surface area contributed by atoms with Crippen molar-refractivity contribution < 1.29 is 23.8 Å². The number of ether oxygens (including phenoxy) is 1. The lowest BCUT2D eigenvalue weighted by molar-refractivity contribution is -0.139. The third kappa shape index (κ3) is 5.16. The van der Waals surface area contributed by atoms with Crippen LogP contribution in [0.15, 0.2) is 83.3 Å². The zero-order valence-corrected chi connectivity index (χ0v) is 17.6. The van der Waals surface area contributed by atoms with E-state index in [1.165, 1.54) is 5.56 Å². The van der Waals surface area contributed by atoms with Crippen molar-refractivity contribution in [2.75, 3.05) is 0 Å². The summed E-state index contributed by atoms with van der Waals surface area (Å²) < 4.78 is 11.0. The highest BCUT2D eigenvalue weighted by Crippen LogP contribution is 2.27. The normalized spacial score (nSPS) is 11.8. The predicted molar refractivity (Wildman–Crippen MR) is 121 cm³/mol. The first kappa shape index (κ1) is 21.2. The highest BCUT2D eigenvalue weighted by atomic mass is 16.6. The average molecular weight is 429 g/mol. The molecule has 0 aliphatic rings. The van der Waals surface area contributed by atoms with Crippen LogP contribution < -0.4 is 5.32 Å². The van der Waals surface area contributed by atoms with Gasteiger partial charge in [0.05, 0.1) is 0 Å². The van der Waals surface area contributed by atoms with Gasteiger partial charge in [0.15, 0.2) is 6.61 Å². The van der Waals surface area contributed by atoms with Crippen molar-refractivity contribution in [1.82, 2.24) is 5.32 Å². The molecule has 0 saturated heterocycles. The van der Waals surface area contributed by atoms with Crippen LogP contribution in [0.1, 0.15) is 16.9 Å². The summed E-state index contributed by atoms with van der Waals surface area (Å²) in [5.41, 5.74) is 4.86. The smallest absolute Gasteiger partial charge is 0.408 e. The van der Waals surface area contributed by atoms with Crippen LogP contribution in [0.4, 0.5) is 4.79 Å². The van der Waals surface area contributed by atoms with E-state index in [4.69, 9.17) is 9.15 Å². The molecule has 4 rings (SSSR count). The molecule has 2 N–H and O–H groups in total. The molecule has 0 spiro atoms. The number of carbonyl (C=O) groups is 2. The van der Waals surface area contributed by atoms with E-state index in [1.807, 2.05) is 61.5 Å². The Balaban J connectivity index is 1.39. The first-order chi connectivity index (χ1) is 15.5. The lowest BCUT2D eigenvalue weighted by atomic mass is 10.0. The lowest BCUT2D eigenvalue weighted by Gasteiger charge is -2.14. The molecule has 162 valence electrons. The SMILES string of the molecule is Cc1ccc(-c2ccc3oc(COC(=O)N[C@H](Cc4ccccc4)C(=O)O)cc3c2)cc1. The van der Waals surface area contributed by atoms with E-state index in [2.05, 4.69) is 29.6 Å². The quantitative estimate of drug-likeness (QED) is 0.414. The fraction of sp³-hybridized carbons (Fsp3) is 0.154. The molecule has 0 unspecified atom stereocenters. The van der Waals surface area contributed by atoms with Gasteiger partial charge in [-0.15, -0.1) is 0 Å². The van der Waals surface area contributed by atoms with E-state index in [1.54, 1.807) is 0 Å². The third-order valence-electron chi connectivity index (χ3n) is 5.17. The minimum Gasteiger partial charge on any atom is -0.480 e. The van der Waals surface area contributed by atoms with Crippen LogP contribution in [0.5, 0.6) is 0 Å². The molecule has 6 nitrogen and oxygen atoms in total. The molecule has 4 aromatic rings. The van der Waals surface area contributed by atoms with Gasteiger partial charge >= 0.3 is 12.1 Å². The summed E-state index contributed by atoms with van der Waals surface area (Å²) in [5.74, 6) is -0.649. The Hall–Kier alpha value is -4.06. The van der Waals surface area contributed by atoms with Crippen molar-refractivity contribution in [2.24, 2.45) is 0 Å². The molecule has 0 bridgehead atoms. The molecule has 1 amide bonds. The first-order valence-electron chi connectivity index (χ1n) is 10.3. The maximum absolute atomic E-state index is 12.2. The minimum atomic E-state index is -1.13. The number of carboxylic acid groups (broad SMARTS) is 1. The molecule has 1 aromatic heterocycles. The average Bonchev–Trinajstić information content (AvgIpc) is 3.20. The number of carboxylic acids is 1. The number of aryl methyl sites for hydroxylation is 1. The van der Waals surface area contributed by atoms with E-state index < -0.39 is 18.1 Å². The molecular formula is C26H23NO5. The van der Waals surface area contributed by atoms with Gasteiger partial charge in [-0.2, -0.15) is 0 Å².